The van der Waals surface area contributed by atoms with E-state index in [0.29, 0.717) is 5.75 Å². The topological polar surface area (TPSA) is 76.7 Å². The van der Waals surface area contributed by atoms with Gasteiger partial charge >= 0.3 is 17.8 Å². The van der Waals surface area contributed by atoms with Gasteiger partial charge in [-0.05, 0) is 49.4 Å². The lowest BCUT2D eigenvalue weighted by atomic mass is 10.1. The van der Waals surface area contributed by atoms with Gasteiger partial charge in [0.1, 0.15) is 11.6 Å². The summed E-state index contributed by atoms with van der Waals surface area (Å²) in [5.74, 6) is -3.53. The van der Waals surface area contributed by atoms with Gasteiger partial charge in [-0.2, -0.15) is 13.2 Å². The summed E-state index contributed by atoms with van der Waals surface area (Å²) in [6.45, 7) is 0.917. The molecule has 0 aliphatic rings. The van der Waals surface area contributed by atoms with Gasteiger partial charge in [0.15, 0.2) is 0 Å². The minimum Gasteiger partial charge on any atom is -0.497 e. The van der Waals surface area contributed by atoms with Crippen molar-refractivity contribution in [2.24, 2.45) is 0 Å². The van der Waals surface area contributed by atoms with Crippen molar-refractivity contribution in [3.05, 3.63) is 58.9 Å². The number of benzene rings is 2. The molecule has 2 aromatic rings. The first-order valence-corrected chi connectivity index (χ1v) is 8.85. The predicted octanol–water partition coefficient (Wildman–Crippen LogP) is 4.15. The summed E-state index contributed by atoms with van der Waals surface area (Å²) >= 11 is 5.62. The Labute approximate surface area is 174 Å². The molecular weight excluding hydrogens is 432 g/mol. The number of alkyl halides is 3. The molecule has 1 atom stereocenters. The molecule has 162 valence electrons. The molecule has 0 bridgehead atoms. The molecule has 2 aromatic carbocycles. The third kappa shape index (κ3) is 4.93. The largest absolute Gasteiger partial charge is 0.497 e. The van der Waals surface area contributed by atoms with E-state index in [-0.39, 0.29) is 17.9 Å². The van der Waals surface area contributed by atoms with E-state index >= 15 is 0 Å². The zero-order valence-electron chi connectivity index (χ0n) is 15.8. The van der Waals surface area contributed by atoms with Gasteiger partial charge in [0, 0.05) is 11.3 Å². The van der Waals surface area contributed by atoms with Gasteiger partial charge in [-0.1, -0.05) is 11.6 Å². The van der Waals surface area contributed by atoms with Crippen LogP contribution in [0.3, 0.4) is 0 Å². The lowest BCUT2D eigenvalue weighted by Gasteiger charge is -2.35. The summed E-state index contributed by atoms with van der Waals surface area (Å²) in [5.41, 5.74) is -4.21. The number of amides is 1. The molecule has 0 unspecified atom stereocenters. The lowest BCUT2D eigenvalue weighted by Crippen LogP contribution is -2.69. The average Bonchev–Trinajstić information content (AvgIpc) is 2.69. The van der Waals surface area contributed by atoms with Crippen LogP contribution in [0.25, 0.3) is 0 Å². The van der Waals surface area contributed by atoms with E-state index in [4.69, 9.17) is 16.3 Å². The number of nitrogens with one attached hydrogen (secondary N) is 2. The third-order valence-corrected chi connectivity index (χ3v) is 4.20. The Morgan fingerprint density at radius 2 is 1.73 bits per heavy atom. The quantitative estimate of drug-likeness (QED) is 0.378. The van der Waals surface area contributed by atoms with Crippen molar-refractivity contribution in [1.29, 1.82) is 0 Å². The number of esters is 1. The monoisotopic (exact) mass is 448 g/mol. The van der Waals surface area contributed by atoms with Gasteiger partial charge in [0.05, 0.1) is 18.7 Å². The molecule has 0 aromatic heterocycles. The molecule has 0 spiro atoms. The standard InChI is InChI=1S/C19H17ClF4N2O4/c1-3-30-17(28)18(19(22,23)24,25-12-6-9-15(21)14(20)10-12)26-16(27)11-4-7-13(29-2)8-5-11/h4-10,25H,3H2,1-2H3,(H,26,27)/t18-/m0/s1. The van der Waals surface area contributed by atoms with Gasteiger partial charge < -0.3 is 20.1 Å². The fraction of sp³-hybridized carbons (Fsp3) is 0.263. The van der Waals surface area contributed by atoms with E-state index in [1.165, 1.54) is 38.3 Å². The molecule has 1 amide bonds. The van der Waals surface area contributed by atoms with Crippen LogP contribution in [0.15, 0.2) is 42.5 Å². The molecule has 0 saturated carbocycles. The minimum absolute atomic E-state index is 0.173. The number of carbonyl (C=O) groups is 2. The van der Waals surface area contributed by atoms with Crippen molar-refractivity contribution < 1.29 is 36.6 Å². The number of hydrogen-bond acceptors (Lipinski definition) is 5. The highest BCUT2D eigenvalue weighted by Crippen LogP contribution is 2.34. The Bertz CT molecular complexity index is 922. The minimum atomic E-state index is -5.34. The van der Waals surface area contributed by atoms with Crippen molar-refractivity contribution in [1.82, 2.24) is 5.32 Å². The molecule has 0 heterocycles. The molecule has 0 saturated heterocycles. The fourth-order valence-corrected chi connectivity index (χ4v) is 2.59. The van der Waals surface area contributed by atoms with Crippen LogP contribution in [-0.2, 0) is 9.53 Å². The SMILES string of the molecule is CCOC(=O)[C@@](NC(=O)c1ccc(OC)cc1)(Nc1ccc(F)c(Cl)c1)C(F)(F)F. The molecule has 2 rings (SSSR count). The summed E-state index contributed by atoms with van der Waals surface area (Å²) in [6, 6.07) is 7.74. The van der Waals surface area contributed by atoms with E-state index in [9.17, 15) is 27.2 Å². The number of anilines is 1. The van der Waals surface area contributed by atoms with Gasteiger partial charge in [-0.3, -0.25) is 4.79 Å². The molecule has 0 aliphatic heterocycles. The highest BCUT2D eigenvalue weighted by atomic mass is 35.5. The summed E-state index contributed by atoms with van der Waals surface area (Å²) in [4.78, 5) is 24.9. The maximum absolute atomic E-state index is 14.1. The molecular formula is C19H17ClF4N2O4. The van der Waals surface area contributed by atoms with Crippen LogP contribution in [0.1, 0.15) is 17.3 Å². The second kappa shape index (κ2) is 9.21. The van der Waals surface area contributed by atoms with E-state index in [1.807, 2.05) is 5.32 Å². The summed E-state index contributed by atoms with van der Waals surface area (Å²) in [6.07, 6.45) is -5.34. The van der Waals surface area contributed by atoms with Crippen molar-refractivity contribution >= 4 is 29.2 Å². The Morgan fingerprint density at radius 3 is 2.23 bits per heavy atom. The van der Waals surface area contributed by atoms with Crippen molar-refractivity contribution in [3.63, 3.8) is 0 Å². The number of carbonyl (C=O) groups excluding carboxylic acids is 2. The van der Waals surface area contributed by atoms with Crippen LogP contribution in [0, 0.1) is 5.82 Å². The summed E-state index contributed by atoms with van der Waals surface area (Å²) in [5, 5.41) is 3.08. The normalized spacial score (nSPS) is 13.2. The van der Waals surface area contributed by atoms with Crippen LogP contribution in [0.5, 0.6) is 5.75 Å². The predicted molar refractivity (Wildman–Crippen MR) is 101 cm³/mol. The number of ether oxygens (including phenoxy) is 2. The molecule has 11 heteroatoms. The Kier molecular flexibility index (Phi) is 7.14. The smallest absolute Gasteiger partial charge is 0.441 e. The molecule has 30 heavy (non-hydrogen) atoms. The van der Waals surface area contributed by atoms with Gasteiger partial charge in [0.2, 0.25) is 0 Å². The first kappa shape index (κ1) is 23.3. The van der Waals surface area contributed by atoms with E-state index in [1.54, 1.807) is 5.32 Å². The lowest BCUT2D eigenvalue weighted by molar-refractivity contribution is -0.204. The molecule has 0 radical (unpaired) electrons. The number of methoxy groups -OCH3 is 1. The average molecular weight is 449 g/mol. The van der Waals surface area contributed by atoms with Gasteiger partial charge in [0.25, 0.3) is 5.91 Å². The molecule has 6 nitrogen and oxygen atoms in total. The van der Waals surface area contributed by atoms with Crippen LogP contribution >= 0.6 is 11.6 Å². The maximum atomic E-state index is 14.1. The Morgan fingerprint density at radius 1 is 1.10 bits per heavy atom. The first-order chi connectivity index (χ1) is 14.0. The maximum Gasteiger partial charge on any atom is 0.441 e. The second-order valence-electron chi connectivity index (χ2n) is 5.90. The van der Waals surface area contributed by atoms with E-state index in [2.05, 4.69) is 4.74 Å². The first-order valence-electron chi connectivity index (χ1n) is 8.47. The number of hydrogen-bond donors (Lipinski definition) is 2. The zero-order valence-corrected chi connectivity index (χ0v) is 16.5. The third-order valence-electron chi connectivity index (χ3n) is 3.91. The summed E-state index contributed by atoms with van der Waals surface area (Å²) in [7, 11) is 1.38. The van der Waals surface area contributed by atoms with Crippen LogP contribution in [0.4, 0.5) is 23.2 Å². The van der Waals surface area contributed by atoms with Crippen LogP contribution < -0.4 is 15.4 Å². The van der Waals surface area contributed by atoms with Crippen molar-refractivity contribution in [2.45, 2.75) is 18.8 Å². The van der Waals surface area contributed by atoms with E-state index in [0.717, 1.165) is 18.2 Å². The highest BCUT2D eigenvalue weighted by Gasteiger charge is 2.63. The van der Waals surface area contributed by atoms with Crippen LogP contribution in [0.2, 0.25) is 5.02 Å². The molecule has 2 N–H and O–H groups in total. The van der Waals surface area contributed by atoms with Gasteiger partial charge in [-0.15, -0.1) is 0 Å². The zero-order chi connectivity index (χ0) is 22.5. The van der Waals surface area contributed by atoms with Crippen LogP contribution in [-0.4, -0.2) is 37.4 Å². The number of halogens is 5. The Balaban J connectivity index is 2.50. The summed E-state index contributed by atoms with van der Waals surface area (Å²) < 4.78 is 65.2. The number of rotatable bonds is 7. The second-order valence-corrected chi connectivity index (χ2v) is 6.31. The van der Waals surface area contributed by atoms with E-state index < -0.39 is 34.6 Å². The van der Waals surface area contributed by atoms with Crippen molar-refractivity contribution in [2.75, 3.05) is 19.0 Å². The fourth-order valence-electron chi connectivity index (χ4n) is 2.41. The molecule has 0 aliphatic carbocycles. The Hall–Kier alpha value is -3.01. The van der Waals surface area contributed by atoms with Gasteiger partial charge in [-0.25, -0.2) is 9.18 Å². The highest BCUT2D eigenvalue weighted by molar-refractivity contribution is 6.31. The van der Waals surface area contributed by atoms with Crippen molar-refractivity contribution in [3.8, 4) is 5.75 Å². The molecule has 0 fully saturated rings.